The van der Waals surface area contributed by atoms with Crippen LogP contribution in [0.25, 0.3) is 0 Å². The van der Waals surface area contributed by atoms with Gasteiger partial charge in [0.15, 0.2) is 0 Å². The Labute approximate surface area is 201 Å². The number of carbonyl (C=O) groups excluding carboxylic acids is 1. The molecule has 2 aliphatic rings. The van der Waals surface area contributed by atoms with Crippen LogP contribution in [0, 0.1) is 5.92 Å². The normalized spacial score (nSPS) is 18.4. The molecule has 2 atom stereocenters. The van der Waals surface area contributed by atoms with Crippen LogP contribution in [0.4, 0.5) is 5.69 Å². The number of hydrogen-bond donors (Lipinski definition) is 2. The summed E-state index contributed by atoms with van der Waals surface area (Å²) in [6.07, 6.45) is 6.47. The van der Waals surface area contributed by atoms with Gasteiger partial charge in [0.25, 0.3) is 0 Å². The molecule has 4 rings (SSSR count). The van der Waals surface area contributed by atoms with Crippen LogP contribution in [-0.2, 0) is 4.74 Å². The summed E-state index contributed by atoms with van der Waals surface area (Å²) in [7, 11) is 0. The van der Waals surface area contributed by atoms with Gasteiger partial charge < -0.3 is 19.9 Å². The van der Waals surface area contributed by atoms with Gasteiger partial charge in [0.05, 0.1) is 12.2 Å². The van der Waals surface area contributed by atoms with Crippen molar-refractivity contribution in [2.24, 2.45) is 5.92 Å². The maximum Gasteiger partial charge on any atom is 0.338 e. The molecule has 2 aromatic rings. The van der Waals surface area contributed by atoms with Crippen LogP contribution in [0.1, 0.15) is 48.2 Å². The molecule has 0 fully saturated rings. The fourth-order valence-electron chi connectivity index (χ4n) is 4.79. The first-order chi connectivity index (χ1) is 16.6. The summed E-state index contributed by atoms with van der Waals surface area (Å²) < 4.78 is 14.1. The molecule has 1 aliphatic carbocycles. The van der Waals surface area contributed by atoms with Crippen molar-refractivity contribution in [3.8, 4) is 5.75 Å². The second-order valence-electron chi connectivity index (χ2n) is 8.34. The molecule has 1 aliphatic heterocycles. The molecule has 0 radical (unpaired) electrons. The second-order valence-corrected chi connectivity index (χ2v) is 8.34. The minimum absolute atomic E-state index is 0.0275. The standard InChI is InChI=1S/C28H33N2O4/c1-4-29-19-11-13-23-25(17-19)34-26-18-20(30(5-2)6-3)12-14-24(26)27(23)21-9-7-8-10-22(21)28(32)33-16-15-31/h7-14,17-18,24,27,29,31H,4-6,15-16H2,1-3H3/q+1. The summed E-state index contributed by atoms with van der Waals surface area (Å²) in [5, 5.41) is 12.5. The number of carbonyl (C=O) groups is 1. The molecule has 6 nitrogen and oxygen atoms in total. The fourth-order valence-corrected chi connectivity index (χ4v) is 4.79. The van der Waals surface area contributed by atoms with E-state index in [-0.39, 0.29) is 25.0 Å². The molecule has 34 heavy (non-hydrogen) atoms. The summed E-state index contributed by atoms with van der Waals surface area (Å²) in [6, 6.07) is 13.7. The molecule has 2 unspecified atom stereocenters. The van der Waals surface area contributed by atoms with Crippen molar-refractivity contribution >= 4 is 17.4 Å². The number of rotatable bonds is 8. The predicted octanol–water partition coefficient (Wildman–Crippen LogP) is 4.36. The minimum Gasteiger partial charge on any atom is -0.460 e. The van der Waals surface area contributed by atoms with Crippen LogP contribution in [0.2, 0.25) is 0 Å². The molecule has 2 aromatic carbocycles. The van der Waals surface area contributed by atoms with Crippen molar-refractivity contribution in [1.82, 2.24) is 0 Å². The molecule has 2 N–H and O–H groups in total. The number of ether oxygens (including phenoxy) is 2. The van der Waals surface area contributed by atoms with Crippen molar-refractivity contribution in [3.63, 3.8) is 0 Å². The Morgan fingerprint density at radius 2 is 1.91 bits per heavy atom. The van der Waals surface area contributed by atoms with E-state index < -0.39 is 5.97 Å². The quantitative estimate of drug-likeness (QED) is 0.452. The maximum absolute atomic E-state index is 12.9. The number of allylic oxidation sites excluding steroid dienone is 3. The Balaban J connectivity index is 1.86. The smallest absolute Gasteiger partial charge is 0.338 e. The summed E-state index contributed by atoms with van der Waals surface area (Å²) in [4.78, 5) is 12.9. The van der Waals surface area contributed by atoms with Gasteiger partial charge in [-0.15, -0.1) is 0 Å². The van der Waals surface area contributed by atoms with Crippen molar-refractivity contribution in [2.75, 3.05) is 38.2 Å². The molecule has 178 valence electrons. The van der Waals surface area contributed by atoms with E-state index in [1.807, 2.05) is 24.3 Å². The molecule has 1 heterocycles. The number of nitrogens with zero attached hydrogens (tertiary/aromatic N) is 1. The molecule has 6 heteroatoms. The van der Waals surface area contributed by atoms with Crippen LogP contribution >= 0.6 is 0 Å². The van der Waals surface area contributed by atoms with E-state index >= 15 is 0 Å². The molecule has 0 bridgehead atoms. The third-order valence-electron chi connectivity index (χ3n) is 6.38. The predicted molar refractivity (Wildman–Crippen MR) is 134 cm³/mol. The first-order valence-electron chi connectivity index (χ1n) is 12.0. The summed E-state index contributed by atoms with van der Waals surface area (Å²) in [5.41, 5.74) is 4.54. The molecule has 0 saturated heterocycles. The summed E-state index contributed by atoms with van der Waals surface area (Å²) >= 11 is 0. The van der Waals surface area contributed by atoms with Crippen LogP contribution in [-0.4, -0.2) is 54.2 Å². The number of fused-ring (bicyclic) bond motifs is 2. The van der Waals surface area contributed by atoms with Gasteiger partial charge in [-0.05, 0) is 38.5 Å². The highest BCUT2D eigenvalue weighted by Gasteiger charge is 2.39. The number of hydrogen-bond acceptors (Lipinski definition) is 5. The Morgan fingerprint density at radius 1 is 1.12 bits per heavy atom. The number of esters is 1. The highest BCUT2D eigenvalue weighted by atomic mass is 16.5. The van der Waals surface area contributed by atoms with Crippen LogP contribution in [0.5, 0.6) is 5.75 Å². The topological polar surface area (TPSA) is 70.8 Å². The van der Waals surface area contributed by atoms with Crippen LogP contribution in [0.3, 0.4) is 0 Å². The molecule has 0 amide bonds. The molecule has 0 saturated carbocycles. The van der Waals surface area contributed by atoms with E-state index in [4.69, 9.17) is 14.6 Å². The lowest BCUT2D eigenvalue weighted by Crippen LogP contribution is -2.30. The van der Waals surface area contributed by atoms with Gasteiger partial charge in [-0.1, -0.05) is 30.3 Å². The van der Waals surface area contributed by atoms with Crippen molar-refractivity contribution in [2.45, 2.75) is 26.7 Å². The zero-order valence-electron chi connectivity index (χ0n) is 20.1. The van der Waals surface area contributed by atoms with Crippen LogP contribution < -0.4 is 10.1 Å². The third-order valence-corrected chi connectivity index (χ3v) is 6.38. The largest absolute Gasteiger partial charge is 0.460 e. The van der Waals surface area contributed by atoms with Gasteiger partial charge in [-0.3, -0.25) is 0 Å². The van der Waals surface area contributed by atoms with Gasteiger partial charge in [0.1, 0.15) is 31.2 Å². The van der Waals surface area contributed by atoms with Crippen molar-refractivity contribution in [1.29, 1.82) is 0 Å². The van der Waals surface area contributed by atoms with E-state index in [1.54, 1.807) is 6.07 Å². The lowest BCUT2D eigenvalue weighted by molar-refractivity contribution is -0.519. The molecule has 0 aromatic heterocycles. The Morgan fingerprint density at radius 3 is 2.65 bits per heavy atom. The Hall–Kier alpha value is -3.38. The second kappa shape index (κ2) is 10.7. The van der Waals surface area contributed by atoms with E-state index in [9.17, 15) is 4.79 Å². The van der Waals surface area contributed by atoms with Gasteiger partial charge in [0.2, 0.25) is 5.71 Å². The van der Waals surface area contributed by atoms with Gasteiger partial charge in [-0.2, -0.15) is 0 Å². The zero-order valence-corrected chi connectivity index (χ0v) is 20.1. The molecular weight excluding hydrogens is 428 g/mol. The molecule has 0 spiro atoms. The highest BCUT2D eigenvalue weighted by molar-refractivity contribution is 6.02. The maximum atomic E-state index is 12.9. The number of nitrogens with one attached hydrogen (secondary N) is 1. The average Bonchev–Trinajstić information content (AvgIpc) is 2.86. The van der Waals surface area contributed by atoms with Gasteiger partial charge in [-0.25, -0.2) is 9.37 Å². The number of aliphatic hydroxyl groups excluding tert-OH is 1. The average molecular weight is 462 g/mol. The number of benzene rings is 2. The van der Waals surface area contributed by atoms with Gasteiger partial charge >= 0.3 is 5.97 Å². The fraction of sp³-hybridized carbons (Fsp3) is 0.357. The lowest BCUT2D eigenvalue weighted by atomic mass is 9.74. The summed E-state index contributed by atoms with van der Waals surface area (Å²) in [5.74, 6) is 1.07. The van der Waals surface area contributed by atoms with E-state index in [0.29, 0.717) is 5.56 Å². The lowest BCUT2D eigenvalue weighted by Gasteiger charge is -2.36. The van der Waals surface area contributed by atoms with Crippen molar-refractivity contribution < 1.29 is 24.0 Å². The Bertz CT molecular complexity index is 1140. The third kappa shape index (κ3) is 4.64. The highest BCUT2D eigenvalue weighted by Crippen LogP contribution is 2.48. The first-order valence-corrected chi connectivity index (χ1v) is 12.0. The number of anilines is 1. The zero-order chi connectivity index (χ0) is 24.1. The van der Waals surface area contributed by atoms with Crippen molar-refractivity contribution in [3.05, 3.63) is 83.1 Å². The van der Waals surface area contributed by atoms with E-state index in [0.717, 1.165) is 53.7 Å². The minimum atomic E-state index is -0.428. The van der Waals surface area contributed by atoms with E-state index in [2.05, 4.69) is 61.0 Å². The molecular formula is C28H33N2O4+. The van der Waals surface area contributed by atoms with Crippen LogP contribution in [0.15, 0.2) is 66.5 Å². The first kappa shape index (κ1) is 23.8. The SMILES string of the molecule is CCNc1ccc2c(c1)OC1=CC(=[N+](CC)CC)C=CC1C2c1ccccc1C(=O)OCCO. The monoisotopic (exact) mass is 461 g/mol. The van der Waals surface area contributed by atoms with E-state index in [1.165, 1.54) is 0 Å². The summed E-state index contributed by atoms with van der Waals surface area (Å²) in [6.45, 7) is 8.76. The Kier molecular flexibility index (Phi) is 7.48. The number of aliphatic hydroxyl groups is 1. The van der Waals surface area contributed by atoms with Gasteiger partial charge in [0, 0.05) is 47.8 Å².